The van der Waals surface area contributed by atoms with Crippen LogP contribution in [-0.4, -0.2) is 13.0 Å². The maximum atomic E-state index is 12.1. The third-order valence-electron chi connectivity index (χ3n) is 2.59. The number of rotatable bonds is 3. The van der Waals surface area contributed by atoms with E-state index in [0.717, 1.165) is 10.6 Å². The molecule has 17 heavy (non-hydrogen) atoms. The Balaban J connectivity index is 2.16. The summed E-state index contributed by atoms with van der Waals surface area (Å²) in [6.07, 6.45) is 0. The lowest BCUT2D eigenvalue weighted by Gasteiger charge is -2.20. The highest BCUT2D eigenvalue weighted by molar-refractivity contribution is 7.10. The molecular formula is C13H14N2OS. The van der Waals surface area contributed by atoms with Crippen molar-refractivity contribution in [2.24, 2.45) is 5.73 Å². The first-order chi connectivity index (χ1) is 8.20. The van der Waals surface area contributed by atoms with Gasteiger partial charge in [-0.2, -0.15) is 0 Å². The van der Waals surface area contributed by atoms with Gasteiger partial charge in [0.2, 0.25) is 5.91 Å². The van der Waals surface area contributed by atoms with Gasteiger partial charge < -0.3 is 10.6 Å². The van der Waals surface area contributed by atoms with Gasteiger partial charge in [0.1, 0.15) is 6.04 Å². The molecule has 1 amide bonds. The normalized spacial score (nSPS) is 12.1. The summed E-state index contributed by atoms with van der Waals surface area (Å²) in [5, 5.41) is 1.92. The van der Waals surface area contributed by atoms with Gasteiger partial charge >= 0.3 is 0 Å². The van der Waals surface area contributed by atoms with E-state index in [1.165, 1.54) is 11.3 Å². The summed E-state index contributed by atoms with van der Waals surface area (Å²) >= 11 is 1.50. The van der Waals surface area contributed by atoms with Crippen molar-refractivity contribution in [2.75, 3.05) is 11.9 Å². The van der Waals surface area contributed by atoms with Crippen molar-refractivity contribution in [2.45, 2.75) is 6.04 Å². The smallest absolute Gasteiger partial charge is 0.249 e. The van der Waals surface area contributed by atoms with Gasteiger partial charge in [0.05, 0.1) is 0 Å². The number of nitrogens with two attached hydrogens (primary N) is 1. The second-order valence-electron chi connectivity index (χ2n) is 3.73. The molecule has 0 bridgehead atoms. The summed E-state index contributed by atoms with van der Waals surface area (Å²) in [4.78, 5) is 14.6. The Labute approximate surface area is 104 Å². The summed E-state index contributed by atoms with van der Waals surface area (Å²) in [5.41, 5.74) is 6.79. The second kappa shape index (κ2) is 5.12. The zero-order valence-electron chi connectivity index (χ0n) is 9.54. The van der Waals surface area contributed by atoms with Crippen LogP contribution in [-0.2, 0) is 4.79 Å². The minimum Gasteiger partial charge on any atom is -0.316 e. The van der Waals surface area contributed by atoms with Crippen LogP contribution in [0, 0.1) is 0 Å². The van der Waals surface area contributed by atoms with Gasteiger partial charge in [0.25, 0.3) is 0 Å². The lowest BCUT2D eigenvalue weighted by molar-refractivity contribution is -0.119. The average molecular weight is 246 g/mol. The number of hydrogen-bond acceptors (Lipinski definition) is 3. The van der Waals surface area contributed by atoms with Gasteiger partial charge in [0.15, 0.2) is 0 Å². The molecule has 0 saturated heterocycles. The number of likely N-dealkylation sites (N-methyl/N-ethyl adjacent to an activating group) is 1. The topological polar surface area (TPSA) is 46.3 Å². The van der Waals surface area contributed by atoms with Crippen LogP contribution in [0.3, 0.4) is 0 Å². The molecule has 0 fully saturated rings. The lowest BCUT2D eigenvalue weighted by Crippen LogP contribution is -2.35. The molecule has 1 aromatic carbocycles. The van der Waals surface area contributed by atoms with Crippen LogP contribution < -0.4 is 10.6 Å². The molecular weight excluding hydrogens is 232 g/mol. The number of carbonyl (C=O) groups excluding carboxylic acids is 1. The minimum absolute atomic E-state index is 0.0985. The lowest BCUT2D eigenvalue weighted by atomic mass is 10.2. The van der Waals surface area contributed by atoms with E-state index >= 15 is 0 Å². The van der Waals surface area contributed by atoms with E-state index in [0.29, 0.717) is 0 Å². The molecule has 2 N–H and O–H groups in total. The van der Waals surface area contributed by atoms with Crippen LogP contribution in [0.4, 0.5) is 5.69 Å². The molecule has 1 aromatic heterocycles. The van der Waals surface area contributed by atoms with Crippen LogP contribution in [0.5, 0.6) is 0 Å². The first kappa shape index (κ1) is 11.8. The van der Waals surface area contributed by atoms with Crippen LogP contribution in [0.1, 0.15) is 10.9 Å². The molecule has 0 aliphatic carbocycles. The summed E-state index contributed by atoms with van der Waals surface area (Å²) in [6, 6.07) is 12.7. The SMILES string of the molecule is CN(C(=O)C(N)c1cccs1)c1ccccc1. The Morgan fingerprint density at radius 2 is 1.94 bits per heavy atom. The molecule has 4 heteroatoms. The van der Waals surface area contributed by atoms with Crippen molar-refractivity contribution < 1.29 is 4.79 Å². The first-order valence-electron chi connectivity index (χ1n) is 5.32. The van der Waals surface area contributed by atoms with Gasteiger partial charge in [-0.1, -0.05) is 24.3 Å². The number of carbonyl (C=O) groups is 1. The van der Waals surface area contributed by atoms with E-state index in [1.807, 2.05) is 47.8 Å². The molecule has 0 aliphatic rings. The number of hydrogen-bond donors (Lipinski definition) is 1. The van der Waals surface area contributed by atoms with E-state index < -0.39 is 6.04 Å². The molecule has 1 unspecified atom stereocenters. The van der Waals surface area contributed by atoms with E-state index in [4.69, 9.17) is 5.73 Å². The van der Waals surface area contributed by atoms with Crippen LogP contribution >= 0.6 is 11.3 Å². The summed E-state index contributed by atoms with van der Waals surface area (Å²) < 4.78 is 0. The van der Waals surface area contributed by atoms with Crippen molar-refractivity contribution in [3.05, 3.63) is 52.7 Å². The van der Waals surface area contributed by atoms with E-state index in [9.17, 15) is 4.79 Å². The monoisotopic (exact) mass is 246 g/mol. The Bertz CT molecular complexity index is 481. The van der Waals surface area contributed by atoms with Gasteiger partial charge in [-0.05, 0) is 23.6 Å². The number of benzene rings is 1. The number of anilines is 1. The molecule has 2 aromatic rings. The highest BCUT2D eigenvalue weighted by Gasteiger charge is 2.21. The highest BCUT2D eigenvalue weighted by Crippen LogP contribution is 2.21. The standard InChI is InChI=1S/C13H14N2OS/c1-15(10-6-3-2-4-7-10)13(16)12(14)11-8-5-9-17-11/h2-9,12H,14H2,1H3. The van der Waals surface area contributed by atoms with Crippen molar-refractivity contribution in [3.8, 4) is 0 Å². The van der Waals surface area contributed by atoms with Gasteiger partial charge in [-0.15, -0.1) is 11.3 Å². The molecule has 88 valence electrons. The maximum Gasteiger partial charge on any atom is 0.249 e. The van der Waals surface area contributed by atoms with Crippen molar-refractivity contribution in [3.63, 3.8) is 0 Å². The molecule has 0 aliphatic heterocycles. The van der Waals surface area contributed by atoms with Crippen LogP contribution in [0.2, 0.25) is 0 Å². The van der Waals surface area contributed by atoms with Crippen LogP contribution in [0.15, 0.2) is 47.8 Å². The summed E-state index contributed by atoms with van der Waals surface area (Å²) in [6.45, 7) is 0. The van der Waals surface area contributed by atoms with Crippen LogP contribution in [0.25, 0.3) is 0 Å². The predicted octanol–water partition coefficient (Wildman–Crippen LogP) is 2.41. The van der Waals surface area contributed by atoms with E-state index in [-0.39, 0.29) is 5.91 Å². The fourth-order valence-electron chi connectivity index (χ4n) is 1.58. The summed E-state index contributed by atoms with van der Waals surface area (Å²) in [5.74, 6) is -0.0985. The molecule has 0 radical (unpaired) electrons. The van der Waals surface area contributed by atoms with Gasteiger partial charge in [0, 0.05) is 17.6 Å². The zero-order valence-corrected chi connectivity index (χ0v) is 10.4. The minimum atomic E-state index is -0.583. The predicted molar refractivity (Wildman–Crippen MR) is 71.1 cm³/mol. The number of amides is 1. The fourth-order valence-corrected chi connectivity index (χ4v) is 2.30. The third-order valence-corrected chi connectivity index (χ3v) is 3.55. The van der Waals surface area contributed by atoms with Gasteiger partial charge in [-0.3, -0.25) is 4.79 Å². The molecule has 0 saturated carbocycles. The molecule has 3 nitrogen and oxygen atoms in total. The molecule has 1 heterocycles. The molecule has 2 rings (SSSR count). The summed E-state index contributed by atoms with van der Waals surface area (Å²) in [7, 11) is 1.74. The maximum absolute atomic E-state index is 12.1. The number of nitrogens with zero attached hydrogens (tertiary/aromatic N) is 1. The number of para-hydroxylation sites is 1. The van der Waals surface area contributed by atoms with Crippen molar-refractivity contribution in [1.82, 2.24) is 0 Å². The highest BCUT2D eigenvalue weighted by atomic mass is 32.1. The Morgan fingerprint density at radius 1 is 1.24 bits per heavy atom. The van der Waals surface area contributed by atoms with Gasteiger partial charge in [-0.25, -0.2) is 0 Å². The molecule has 0 spiro atoms. The van der Waals surface area contributed by atoms with E-state index in [2.05, 4.69) is 0 Å². The third kappa shape index (κ3) is 2.54. The van der Waals surface area contributed by atoms with E-state index in [1.54, 1.807) is 11.9 Å². The molecule has 1 atom stereocenters. The quantitative estimate of drug-likeness (QED) is 0.904. The van der Waals surface area contributed by atoms with Crippen molar-refractivity contribution in [1.29, 1.82) is 0 Å². The van der Waals surface area contributed by atoms with Crippen molar-refractivity contribution >= 4 is 22.9 Å². The Kier molecular flexibility index (Phi) is 3.56. The second-order valence-corrected chi connectivity index (χ2v) is 4.71. The number of thiophene rings is 1. The first-order valence-corrected chi connectivity index (χ1v) is 6.19. The zero-order chi connectivity index (χ0) is 12.3. The Morgan fingerprint density at radius 3 is 2.53 bits per heavy atom. The average Bonchev–Trinajstić information content (AvgIpc) is 2.91. The largest absolute Gasteiger partial charge is 0.316 e. The Hall–Kier alpha value is -1.65. The fraction of sp³-hybridized carbons (Fsp3) is 0.154.